The fourth-order valence-corrected chi connectivity index (χ4v) is 2.59. The minimum absolute atomic E-state index is 0. The highest BCUT2D eigenvalue weighted by Crippen LogP contribution is 2.18. The van der Waals surface area contributed by atoms with E-state index in [9.17, 15) is 5.11 Å². The third kappa shape index (κ3) is 8.27. The molecule has 0 spiro atoms. The van der Waals surface area contributed by atoms with E-state index in [2.05, 4.69) is 25.8 Å². The van der Waals surface area contributed by atoms with E-state index in [0.717, 1.165) is 30.2 Å². The van der Waals surface area contributed by atoms with Crippen molar-refractivity contribution >= 4 is 29.9 Å². The van der Waals surface area contributed by atoms with E-state index in [1.54, 1.807) is 6.92 Å². The molecule has 1 unspecified atom stereocenters. The van der Waals surface area contributed by atoms with E-state index in [1.807, 2.05) is 55.8 Å². The summed E-state index contributed by atoms with van der Waals surface area (Å²) in [6.07, 6.45) is 0.868. The number of aliphatic imine (C=N–C) groups is 1. The van der Waals surface area contributed by atoms with E-state index in [4.69, 9.17) is 4.74 Å². The zero-order valence-corrected chi connectivity index (χ0v) is 20.0. The van der Waals surface area contributed by atoms with E-state index in [1.165, 1.54) is 0 Å². The van der Waals surface area contributed by atoms with Crippen LogP contribution in [0.4, 0.5) is 0 Å². The third-order valence-electron chi connectivity index (χ3n) is 4.52. The van der Waals surface area contributed by atoms with Crippen molar-refractivity contribution in [3.05, 3.63) is 47.5 Å². The quantitative estimate of drug-likeness (QED) is 0.194. The van der Waals surface area contributed by atoms with Gasteiger partial charge < -0.3 is 25.0 Å². The average Bonchev–Trinajstić information content (AvgIpc) is 3.02. The molecule has 0 radical (unpaired) electrons. The van der Waals surface area contributed by atoms with E-state index in [0.29, 0.717) is 32.3 Å². The largest absolute Gasteiger partial charge is 0.384 e. The highest BCUT2D eigenvalue weighted by atomic mass is 127. The normalized spacial score (nSPS) is 13.5. The summed E-state index contributed by atoms with van der Waals surface area (Å²) >= 11 is 0. The van der Waals surface area contributed by atoms with Crippen LogP contribution in [-0.4, -0.2) is 52.1 Å². The number of hydrogen-bond donors (Lipinski definition) is 3. The molecule has 0 aliphatic heterocycles. The number of aromatic nitrogens is 3. The van der Waals surface area contributed by atoms with E-state index >= 15 is 0 Å². The van der Waals surface area contributed by atoms with Gasteiger partial charge in [0.1, 0.15) is 18.0 Å². The number of aryl methyl sites for hydroxylation is 1. The van der Waals surface area contributed by atoms with Crippen molar-refractivity contribution in [2.75, 3.05) is 26.3 Å². The Hall–Kier alpha value is -1.72. The van der Waals surface area contributed by atoms with Gasteiger partial charge in [-0.3, -0.25) is 0 Å². The van der Waals surface area contributed by atoms with Crippen molar-refractivity contribution < 1.29 is 9.84 Å². The number of rotatable bonds is 10. The first-order valence-electron chi connectivity index (χ1n) is 9.66. The number of aliphatic hydroxyl groups is 1. The minimum Gasteiger partial charge on any atom is -0.384 e. The van der Waals surface area contributed by atoms with E-state index in [-0.39, 0.29) is 24.0 Å². The molecule has 0 bridgehead atoms. The molecule has 1 heterocycles. The van der Waals surface area contributed by atoms with Crippen LogP contribution >= 0.6 is 24.0 Å². The maximum absolute atomic E-state index is 10.8. The van der Waals surface area contributed by atoms with Crippen LogP contribution in [0.3, 0.4) is 0 Å². The summed E-state index contributed by atoms with van der Waals surface area (Å²) in [6.45, 7) is 8.52. The van der Waals surface area contributed by atoms with Crippen LogP contribution in [-0.2, 0) is 23.9 Å². The molecule has 0 aliphatic rings. The number of benzene rings is 1. The molecule has 0 fully saturated rings. The molecule has 29 heavy (non-hydrogen) atoms. The Labute approximate surface area is 190 Å². The molecule has 1 aromatic carbocycles. The number of ether oxygens (including phenoxy) is 1. The number of hydrogen-bond acceptors (Lipinski definition) is 5. The molecule has 2 aromatic rings. The molecule has 1 aromatic heterocycles. The monoisotopic (exact) mass is 516 g/mol. The fraction of sp³-hybridized carbons (Fsp3) is 0.550. The number of halogens is 1. The summed E-state index contributed by atoms with van der Waals surface area (Å²) in [5.41, 5.74) is -0.168. The van der Waals surface area contributed by atoms with Gasteiger partial charge in [-0.1, -0.05) is 30.3 Å². The lowest BCUT2D eigenvalue weighted by atomic mass is 9.96. The van der Waals surface area contributed by atoms with Crippen molar-refractivity contribution in [3.63, 3.8) is 0 Å². The van der Waals surface area contributed by atoms with Gasteiger partial charge in [-0.15, -0.1) is 34.2 Å². The lowest BCUT2D eigenvalue weighted by molar-refractivity contribution is 0.0616. The molecular formula is C20H33IN6O2. The summed E-state index contributed by atoms with van der Waals surface area (Å²) < 4.78 is 7.29. The molecule has 0 amide bonds. The summed E-state index contributed by atoms with van der Waals surface area (Å²) in [5.74, 6) is 2.24. The maximum Gasteiger partial charge on any atom is 0.191 e. The van der Waals surface area contributed by atoms with Crippen LogP contribution < -0.4 is 10.6 Å². The Morgan fingerprint density at radius 1 is 1.24 bits per heavy atom. The zero-order chi connectivity index (χ0) is 20.4. The van der Waals surface area contributed by atoms with Gasteiger partial charge in [0.15, 0.2) is 11.8 Å². The second-order valence-corrected chi connectivity index (χ2v) is 6.86. The van der Waals surface area contributed by atoms with Crippen LogP contribution in [0.1, 0.15) is 37.5 Å². The number of guanidine groups is 1. The minimum atomic E-state index is -1.02. The summed E-state index contributed by atoms with van der Waals surface area (Å²) in [7, 11) is 1.92. The van der Waals surface area contributed by atoms with Gasteiger partial charge in [0.05, 0.1) is 6.54 Å². The first-order valence-corrected chi connectivity index (χ1v) is 9.66. The summed E-state index contributed by atoms with van der Waals surface area (Å²) in [4.78, 5) is 4.60. The van der Waals surface area contributed by atoms with Crippen molar-refractivity contribution in [2.45, 2.75) is 39.3 Å². The lowest BCUT2D eigenvalue weighted by Gasteiger charge is -2.25. The van der Waals surface area contributed by atoms with Gasteiger partial charge in [-0.25, -0.2) is 4.99 Å². The van der Waals surface area contributed by atoms with Gasteiger partial charge in [0.25, 0.3) is 0 Å². The van der Waals surface area contributed by atoms with Crippen molar-refractivity contribution in [2.24, 2.45) is 12.0 Å². The van der Waals surface area contributed by atoms with E-state index < -0.39 is 5.60 Å². The SMILES string of the molecule is CCOCCCNC(=NCc1nnc(C)n1C)NCC(C)(O)c1ccccc1.I. The molecule has 0 saturated carbocycles. The first kappa shape index (κ1) is 25.3. The van der Waals surface area contributed by atoms with Gasteiger partial charge >= 0.3 is 0 Å². The standard InChI is InChI=1S/C20H32N6O2.HI/c1-5-28-13-9-12-21-19(22-14-18-25-24-16(2)26(18)4)23-15-20(3,27)17-10-7-6-8-11-17;/h6-8,10-11,27H,5,9,12-15H2,1-4H3,(H2,21,22,23);1H. The smallest absolute Gasteiger partial charge is 0.191 e. The molecule has 3 N–H and O–H groups in total. The van der Waals surface area contributed by atoms with Gasteiger partial charge in [-0.05, 0) is 32.8 Å². The van der Waals surface area contributed by atoms with Crippen LogP contribution in [0.25, 0.3) is 0 Å². The molecular weight excluding hydrogens is 483 g/mol. The van der Waals surface area contributed by atoms with Crippen LogP contribution in [0.15, 0.2) is 35.3 Å². The second-order valence-electron chi connectivity index (χ2n) is 6.86. The molecule has 9 heteroatoms. The topological polar surface area (TPSA) is 96.6 Å². The fourth-order valence-electron chi connectivity index (χ4n) is 2.59. The molecule has 8 nitrogen and oxygen atoms in total. The Morgan fingerprint density at radius 3 is 2.59 bits per heavy atom. The second kappa shape index (κ2) is 12.8. The molecule has 0 aliphatic carbocycles. The van der Waals surface area contributed by atoms with Crippen LogP contribution in [0, 0.1) is 6.92 Å². The molecule has 0 saturated heterocycles. The van der Waals surface area contributed by atoms with Crippen LogP contribution in [0.2, 0.25) is 0 Å². The van der Waals surface area contributed by atoms with Crippen LogP contribution in [0.5, 0.6) is 0 Å². The Balaban J connectivity index is 0.00000420. The Morgan fingerprint density at radius 2 is 1.97 bits per heavy atom. The highest BCUT2D eigenvalue weighted by molar-refractivity contribution is 14.0. The molecule has 2 rings (SSSR count). The number of nitrogens with one attached hydrogen (secondary N) is 2. The average molecular weight is 516 g/mol. The first-order chi connectivity index (χ1) is 13.4. The van der Waals surface area contributed by atoms with Gasteiger partial charge in [-0.2, -0.15) is 0 Å². The molecule has 1 atom stereocenters. The third-order valence-corrected chi connectivity index (χ3v) is 4.52. The number of nitrogens with zero attached hydrogens (tertiary/aromatic N) is 4. The molecule has 162 valence electrons. The maximum atomic E-state index is 10.8. The Bertz CT molecular complexity index is 749. The van der Waals surface area contributed by atoms with Gasteiger partial charge in [0, 0.05) is 26.8 Å². The predicted octanol–water partition coefficient (Wildman–Crippen LogP) is 2.11. The summed E-state index contributed by atoms with van der Waals surface area (Å²) in [6, 6.07) is 9.60. The van der Waals surface area contributed by atoms with Crippen molar-refractivity contribution in [3.8, 4) is 0 Å². The zero-order valence-electron chi connectivity index (χ0n) is 17.7. The van der Waals surface area contributed by atoms with Gasteiger partial charge in [0.2, 0.25) is 0 Å². The Kier molecular flexibility index (Phi) is 11.1. The highest BCUT2D eigenvalue weighted by Gasteiger charge is 2.23. The predicted molar refractivity (Wildman–Crippen MR) is 125 cm³/mol. The summed E-state index contributed by atoms with van der Waals surface area (Å²) in [5, 5.41) is 25.6. The lowest BCUT2D eigenvalue weighted by Crippen LogP contribution is -2.45. The van der Waals surface area contributed by atoms with Crippen molar-refractivity contribution in [1.82, 2.24) is 25.4 Å². The van der Waals surface area contributed by atoms with Crippen molar-refractivity contribution in [1.29, 1.82) is 0 Å².